The third-order valence-corrected chi connectivity index (χ3v) is 10.6. The van der Waals surface area contributed by atoms with Gasteiger partial charge in [0.25, 0.3) is 0 Å². The molecule has 0 N–H and O–H groups in total. The maximum absolute atomic E-state index is 15.3. The largest absolute Gasteiger partial charge is 0.417 e. The number of fused-ring (bicyclic) bond motifs is 2. The molecule has 3 aliphatic heterocycles. The number of alkyl halides is 3. The van der Waals surface area contributed by atoms with Crippen LogP contribution in [0.1, 0.15) is 17.2 Å². The second kappa shape index (κ2) is 11.1. The van der Waals surface area contributed by atoms with E-state index in [2.05, 4.69) is 11.6 Å². The van der Waals surface area contributed by atoms with Crippen molar-refractivity contribution in [3.05, 3.63) is 64.1 Å². The Kier molecular flexibility index (Phi) is 7.74. The third-order valence-electron chi connectivity index (χ3n) is 8.11. The van der Waals surface area contributed by atoms with Crippen LogP contribution in [0, 0.1) is 18.6 Å². The number of benzene rings is 2. The molecule has 2 fully saturated rings. The first kappa shape index (κ1) is 29.9. The first-order valence-electron chi connectivity index (χ1n) is 13.5. The molecule has 1 aromatic heterocycles. The van der Waals surface area contributed by atoms with Crippen LogP contribution in [0.2, 0.25) is 0 Å². The highest BCUT2D eigenvalue weighted by molar-refractivity contribution is 7.99. The fourth-order valence-electron chi connectivity index (χ4n) is 6.29. The van der Waals surface area contributed by atoms with Crippen molar-refractivity contribution >= 4 is 46.2 Å². The highest BCUT2D eigenvalue weighted by atomic mass is 32.2. The van der Waals surface area contributed by atoms with Crippen molar-refractivity contribution in [3.8, 4) is 11.1 Å². The van der Waals surface area contributed by atoms with Crippen LogP contribution in [0.25, 0.3) is 22.0 Å². The van der Waals surface area contributed by atoms with Gasteiger partial charge in [-0.1, -0.05) is 6.58 Å². The number of rotatable bonds is 5. The Hall–Kier alpha value is -3.10. The Bertz CT molecular complexity index is 1700. The summed E-state index contributed by atoms with van der Waals surface area (Å²) in [6, 6.07) is 1.51. The van der Waals surface area contributed by atoms with Gasteiger partial charge in [-0.25, -0.2) is 13.6 Å². The topological polar surface area (TPSA) is 67.7 Å². The van der Waals surface area contributed by atoms with Crippen LogP contribution in [0.4, 0.5) is 27.8 Å². The van der Waals surface area contributed by atoms with E-state index in [-0.39, 0.29) is 70.6 Å². The summed E-state index contributed by atoms with van der Waals surface area (Å²) in [6.45, 7) is 5.57. The van der Waals surface area contributed by atoms with Crippen molar-refractivity contribution in [1.82, 2.24) is 14.5 Å². The summed E-state index contributed by atoms with van der Waals surface area (Å²) in [5.74, 6) is -0.759. The minimum Gasteiger partial charge on any atom is -0.383 e. The molecule has 3 aromatic rings. The SMILES string of the molecule is C=CC(=O)N1C2CSCC1CN(c1nc(=O)n3c4c(c(-c5cc(C)c(F)cc5F)c(C(F)(F)F)cc14)SC[C@@H]3COC)C2. The lowest BCUT2D eigenvalue weighted by atomic mass is 9.94. The normalized spacial score (nSPS) is 21.8. The molecule has 43 heavy (non-hydrogen) atoms. The number of methoxy groups -OCH3 is 1. The van der Waals surface area contributed by atoms with Crippen LogP contribution in [0.15, 0.2) is 40.5 Å². The Morgan fingerprint density at radius 1 is 1.14 bits per heavy atom. The molecule has 1 amide bonds. The van der Waals surface area contributed by atoms with E-state index >= 15 is 4.39 Å². The molecule has 2 bridgehead atoms. The van der Waals surface area contributed by atoms with Gasteiger partial charge in [-0.2, -0.15) is 29.9 Å². The van der Waals surface area contributed by atoms with Gasteiger partial charge >= 0.3 is 11.9 Å². The summed E-state index contributed by atoms with van der Waals surface area (Å²) in [5.41, 5.74) is -2.44. The number of ether oxygens (including phenoxy) is 1. The Labute approximate surface area is 252 Å². The highest BCUT2D eigenvalue weighted by Gasteiger charge is 2.43. The Morgan fingerprint density at radius 2 is 1.84 bits per heavy atom. The quantitative estimate of drug-likeness (QED) is 0.278. The summed E-state index contributed by atoms with van der Waals surface area (Å²) in [6.07, 6.45) is -3.67. The Balaban J connectivity index is 1.65. The third kappa shape index (κ3) is 5.00. The zero-order valence-corrected chi connectivity index (χ0v) is 24.8. The first-order valence-corrected chi connectivity index (χ1v) is 15.6. The number of hydrogen-bond donors (Lipinski definition) is 0. The molecule has 0 spiro atoms. The summed E-state index contributed by atoms with van der Waals surface area (Å²) in [7, 11) is 1.46. The van der Waals surface area contributed by atoms with E-state index in [1.807, 2.05) is 0 Å². The zero-order chi connectivity index (χ0) is 30.8. The standard InChI is InChI=1S/C29H27F5N4O3S2/c1-4-23(39)37-15-8-36(9-16(37)12-42-11-15)27-19-6-20(29(32,33)34)24(18-5-14(2)21(30)7-22(18)31)26-25(19)38(28(40)35-27)17(10-41-3)13-43-26/h4-7,15-17H,1,8-13H2,2-3H3/t15?,16?,17-/m0/s1. The lowest BCUT2D eigenvalue weighted by Gasteiger charge is -2.50. The summed E-state index contributed by atoms with van der Waals surface area (Å²) in [4.78, 5) is 34.3. The van der Waals surface area contributed by atoms with E-state index in [1.54, 1.807) is 21.6 Å². The van der Waals surface area contributed by atoms with Crippen molar-refractivity contribution in [2.75, 3.05) is 49.0 Å². The van der Waals surface area contributed by atoms with E-state index in [4.69, 9.17) is 4.74 Å². The monoisotopic (exact) mass is 638 g/mol. The van der Waals surface area contributed by atoms with Gasteiger partial charge in [-0.05, 0) is 30.7 Å². The van der Waals surface area contributed by atoms with E-state index in [0.717, 1.165) is 23.9 Å². The molecule has 3 aliphatic rings. The number of nitrogens with zero attached hydrogens (tertiary/aromatic N) is 4. The number of aromatic nitrogens is 2. The molecular formula is C29H27F5N4O3S2. The molecule has 2 saturated heterocycles. The molecular weight excluding hydrogens is 611 g/mol. The summed E-state index contributed by atoms with van der Waals surface area (Å²) in [5, 5.41) is 0.0902. The predicted molar refractivity (Wildman–Crippen MR) is 157 cm³/mol. The highest BCUT2D eigenvalue weighted by Crippen LogP contribution is 2.50. The molecule has 0 saturated carbocycles. The number of hydrogen-bond acceptors (Lipinski definition) is 7. The van der Waals surface area contributed by atoms with Crippen molar-refractivity contribution in [3.63, 3.8) is 0 Å². The average molecular weight is 639 g/mol. The van der Waals surface area contributed by atoms with Gasteiger partial charge in [-0.3, -0.25) is 9.36 Å². The maximum atomic E-state index is 15.3. The molecule has 3 atom stereocenters. The second-order valence-electron chi connectivity index (χ2n) is 10.8. The zero-order valence-electron chi connectivity index (χ0n) is 23.2. The summed E-state index contributed by atoms with van der Waals surface area (Å²) >= 11 is 2.76. The van der Waals surface area contributed by atoms with E-state index < -0.39 is 46.2 Å². The number of carbonyl (C=O) groups is 1. The van der Waals surface area contributed by atoms with Crippen molar-refractivity contribution in [2.45, 2.75) is 36.1 Å². The van der Waals surface area contributed by atoms with Gasteiger partial charge in [-0.15, -0.1) is 11.8 Å². The van der Waals surface area contributed by atoms with E-state index in [1.165, 1.54) is 24.7 Å². The average Bonchev–Trinajstić information content (AvgIpc) is 2.95. The van der Waals surface area contributed by atoms with Gasteiger partial charge in [0.15, 0.2) is 0 Å². The smallest absolute Gasteiger partial charge is 0.383 e. The summed E-state index contributed by atoms with van der Waals surface area (Å²) < 4.78 is 80.6. The number of amides is 1. The lowest BCUT2D eigenvalue weighted by molar-refractivity contribution is -0.137. The number of halogens is 5. The number of thioether (sulfide) groups is 2. The molecule has 4 heterocycles. The van der Waals surface area contributed by atoms with Gasteiger partial charge in [0.1, 0.15) is 17.5 Å². The van der Waals surface area contributed by atoms with Crippen molar-refractivity contribution < 1.29 is 31.5 Å². The van der Waals surface area contributed by atoms with Crippen molar-refractivity contribution in [1.29, 1.82) is 0 Å². The molecule has 14 heteroatoms. The fourth-order valence-corrected chi connectivity index (χ4v) is 8.81. The molecule has 0 radical (unpaired) electrons. The minimum absolute atomic E-state index is 0.0148. The van der Waals surface area contributed by atoms with Gasteiger partial charge in [0.2, 0.25) is 5.91 Å². The number of anilines is 1. The number of carbonyl (C=O) groups excluding carboxylic acids is 1. The number of piperazine rings is 1. The van der Waals surface area contributed by atoms with E-state index in [9.17, 15) is 27.2 Å². The number of aryl methyl sites for hydroxylation is 1. The minimum atomic E-state index is -4.92. The molecule has 0 aliphatic carbocycles. The van der Waals surface area contributed by atoms with Crippen LogP contribution in [0.5, 0.6) is 0 Å². The van der Waals surface area contributed by atoms with Crippen LogP contribution < -0.4 is 10.6 Å². The van der Waals surface area contributed by atoms with Gasteiger partial charge in [0, 0.05) is 64.9 Å². The molecule has 2 unspecified atom stereocenters. The Morgan fingerprint density at radius 3 is 2.47 bits per heavy atom. The maximum Gasteiger partial charge on any atom is 0.417 e. The van der Waals surface area contributed by atoms with Crippen molar-refractivity contribution in [2.24, 2.45) is 0 Å². The van der Waals surface area contributed by atoms with Gasteiger partial charge < -0.3 is 14.5 Å². The second-order valence-corrected chi connectivity index (χ2v) is 12.9. The van der Waals surface area contributed by atoms with Crippen LogP contribution in [0.3, 0.4) is 0 Å². The fraction of sp³-hybridized carbons (Fsp3) is 0.414. The molecule has 228 valence electrons. The lowest BCUT2D eigenvalue weighted by Crippen LogP contribution is -2.64. The van der Waals surface area contributed by atoms with E-state index in [0.29, 0.717) is 17.6 Å². The van der Waals surface area contributed by atoms with Crippen LogP contribution in [-0.2, 0) is 15.7 Å². The molecule has 6 rings (SSSR count). The first-order chi connectivity index (χ1) is 20.4. The van der Waals surface area contributed by atoms with Crippen LogP contribution >= 0.6 is 23.5 Å². The predicted octanol–water partition coefficient (Wildman–Crippen LogP) is 5.28. The van der Waals surface area contributed by atoms with Crippen LogP contribution in [-0.4, -0.2) is 76.5 Å². The molecule has 7 nitrogen and oxygen atoms in total. The van der Waals surface area contributed by atoms with Gasteiger partial charge in [0.05, 0.1) is 35.8 Å². The molecule has 2 aromatic carbocycles.